The average molecular weight is 545 g/mol. The number of nitrogens with zero attached hydrogens (tertiary/aromatic N) is 4. The zero-order chi connectivity index (χ0) is 27.8. The van der Waals surface area contributed by atoms with Crippen molar-refractivity contribution in [2.45, 2.75) is 30.9 Å². The SMILES string of the molecule is CC[C@@](C)(c1cccc2c(C(=O)NC)ccnc12)C(S)CNc1cc(-c2ccc(NCCNC)nc2)ncn1. The second kappa shape index (κ2) is 12.9. The normalized spacial score (nSPS) is 13.5. The molecule has 0 aliphatic heterocycles. The Morgan fingerprint density at radius 1 is 1.00 bits per heavy atom. The van der Waals surface area contributed by atoms with Crippen molar-refractivity contribution in [3.63, 3.8) is 0 Å². The Kier molecular flexibility index (Phi) is 9.32. The number of hydrogen-bond donors (Lipinski definition) is 5. The van der Waals surface area contributed by atoms with Crippen LogP contribution < -0.4 is 21.3 Å². The third-order valence-corrected chi connectivity index (χ3v) is 7.96. The van der Waals surface area contributed by atoms with Gasteiger partial charge in [-0.05, 0) is 37.2 Å². The molecule has 1 amide bonds. The maximum Gasteiger partial charge on any atom is 0.251 e. The maximum absolute atomic E-state index is 12.5. The number of rotatable bonds is 12. The van der Waals surface area contributed by atoms with Gasteiger partial charge in [-0.25, -0.2) is 15.0 Å². The van der Waals surface area contributed by atoms with Gasteiger partial charge in [0.15, 0.2) is 0 Å². The number of amides is 1. The molecule has 4 N–H and O–H groups in total. The van der Waals surface area contributed by atoms with E-state index in [1.807, 2.05) is 43.6 Å². The van der Waals surface area contributed by atoms with E-state index < -0.39 is 0 Å². The third-order valence-electron chi connectivity index (χ3n) is 7.21. The highest BCUT2D eigenvalue weighted by Crippen LogP contribution is 2.38. The van der Waals surface area contributed by atoms with E-state index in [2.05, 4.69) is 61.1 Å². The molecule has 3 heterocycles. The van der Waals surface area contributed by atoms with Crippen LogP contribution in [0.4, 0.5) is 11.6 Å². The topological polar surface area (TPSA) is 117 Å². The van der Waals surface area contributed by atoms with E-state index in [9.17, 15) is 4.79 Å². The van der Waals surface area contributed by atoms with E-state index >= 15 is 0 Å². The molecule has 3 aromatic heterocycles. The van der Waals surface area contributed by atoms with Gasteiger partial charge in [0.25, 0.3) is 5.91 Å². The summed E-state index contributed by atoms with van der Waals surface area (Å²) in [7, 11) is 3.56. The Balaban J connectivity index is 1.52. The quantitative estimate of drug-likeness (QED) is 0.133. The van der Waals surface area contributed by atoms with Gasteiger partial charge in [0, 0.05) is 66.8 Å². The van der Waals surface area contributed by atoms with Crippen LogP contribution in [0.5, 0.6) is 0 Å². The van der Waals surface area contributed by atoms with Crippen molar-refractivity contribution < 1.29 is 4.79 Å². The molecule has 0 aliphatic carbocycles. The monoisotopic (exact) mass is 544 g/mol. The van der Waals surface area contributed by atoms with E-state index in [1.165, 1.54) is 0 Å². The highest BCUT2D eigenvalue weighted by Gasteiger charge is 2.34. The summed E-state index contributed by atoms with van der Waals surface area (Å²) < 4.78 is 0. The summed E-state index contributed by atoms with van der Waals surface area (Å²) in [5.41, 5.74) is 3.88. The fourth-order valence-electron chi connectivity index (χ4n) is 4.58. The fourth-order valence-corrected chi connectivity index (χ4v) is 4.99. The molecule has 0 saturated carbocycles. The van der Waals surface area contributed by atoms with Gasteiger partial charge in [0.05, 0.1) is 16.8 Å². The van der Waals surface area contributed by atoms with Crippen molar-refractivity contribution in [3.05, 3.63) is 72.3 Å². The molecule has 0 bridgehead atoms. The van der Waals surface area contributed by atoms with Gasteiger partial charge in [-0.3, -0.25) is 9.78 Å². The van der Waals surface area contributed by atoms with Gasteiger partial charge >= 0.3 is 0 Å². The number of benzene rings is 1. The van der Waals surface area contributed by atoms with Gasteiger partial charge < -0.3 is 21.3 Å². The lowest BCUT2D eigenvalue weighted by Gasteiger charge is -2.35. The minimum Gasteiger partial charge on any atom is -0.369 e. The molecule has 0 spiro atoms. The van der Waals surface area contributed by atoms with Crippen molar-refractivity contribution in [3.8, 4) is 11.3 Å². The number of para-hydroxylation sites is 1. The van der Waals surface area contributed by atoms with Crippen LogP contribution in [0.25, 0.3) is 22.2 Å². The molecule has 0 radical (unpaired) electrons. The molecule has 10 heteroatoms. The molecular formula is C29H36N8OS. The molecule has 2 atom stereocenters. The molecule has 0 aliphatic rings. The number of carbonyl (C=O) groups is 1. The van der Waals surface area contributed by atoms with Crippen LogP contribution in [-0.4, -0.2) is 64.8 Å². The number of nitrogens with one attached hydrogen (secondary N) is 4. The molecule has 0 saturated heterocycles. The predicted molar refractivity (Wildman–Crippen MR) is 162 cm³/mol. The van der Waals surface area contributed by atoms with Gasteiger partial charge in [0.2, 0.25) is 0 Å². The standard InChI is InChI=1S/C29H36N8OS/c1-5-29(2,22-8-6-7-20-21(28(38)31-4)11-12-33-27(20)22)24(39)17-35-26-15-23(36-18-37-26)19-9-10-25(34-16-19)32-14-13-30-3/h6-12,15-16,18,24,30,39H,5,13-14,17H2,1-4H3,(H,31,38)(H,32,34)(H,35,36,37)/t24?,29-/m0/s1. The lowest BCUT2D eigenvalue weighted by molar-refractivity contribution is 0.0964. The second-order valence-electron chi connectivity index (χ2n) is 9.56. The minimum absolute atomic E-state index is 0.0680. The van der Waals surface area contributed by atoms with E-state index in [4.69, 9.17) is 12.6 Å². The third kappa shape index (κ3) is 6.29. The van der Waals surface area contributed by atoms with Gasteiger partial charge in [-0.2, -0.15) is 12.6 Å². The van der Waals surface area contributed by atoms with E-state index in [-0.39, 0.29) is 16.6 Å². The first-order valence-corrected chi connectivity index (χ1v) is 13.6. The summed E-state index contributed by atoms with van der Waals surface area (Å²) >= 11 is 5.05. The summed E-state index contributed by atoms with van der Waals surface area (Å²) in [6.45, 7) is 6.58. The summed E-state index contributed by atoms with van der Waals surface area (Å²) in [5, 5.41) is 13.3. The highest BCUT2D eigenvalue weighted by molar-refractivity contribution is 7.81. The lowest BCUT2D eigenvalue weighted by Crippen LogP contribution is -2.37. The number of aromatic nitrogens is 4. The summed E-state index contributed by atoms with van der Waals surface area (Å²) in [5.74, 6) is 1.41. The molecule has 204 valence electrons. The molecule has 1 aromatic carbocycles. The van der Waals surface area contributed by atoms with Crippen LogP contribution >= 0.6 is 12.6 Å². The fraction of sp³-hybridized carbons (Fsp3) is 0.345. The minimum atomic E-state index is -0.320. The first-order valence-electron chi connectivity index (χ1n) is 13.1. The van der Waals surface area contributed by atoms with Gasteiger partial charge in [-0.1, -0.05) is 32.0 Å². The Bertz CT molecular complexity index is 1410. The first kappa shape index (κ1) is 28.3. The lowest BCUT2D eigenvalue weighted by atomic mass is 9.75. The molecular weight excluding hydrogens is 508 g/mol. The Hall–Kier alpha value is -3.76. The first-order chi connectivity index (χ1) is 18.9. The predicted octanol–water partition coefficient (Wildman–Crippen LogP) is 4.16. The second-order valence-corrected chi connectivity index (χ2v) is 10.2. The number of carbonyl (C=O) groups excluding carboxylic acids is 1. The smallest absolute Gasteiger partial charge is 0.251 e. The van der Waals surface area contributed by atoms with Crippen molar-refractivity contribution in [2.75, 3.05) is 44.4 Å². The molecule has 39 heavy (non-hydrogen) atoms. The van der Waals surface area contributed by atoms with Crippen molar-refractivity contribution >= 4 is 41.1 Å². The number of likely N-dealkylation sites (N-methyl/N-ethyl adjacent to an activating group) is 1. The number of pyridine rings is 2. The van der Waals surface area contributed by atoms with Crippen molar-refractivity contribution in [2.24, 2.45) is 0 Å². The van der Waals surface area contributed by atoms with Gasteiger partial charge in [0.1, 0.15) is 18.0 Å². The number of anilines is 2. The zero-order valence-electron chi connectivity index (χ0n) is 22.8. The van der Waals surface area contributed by atoms with Crippen LogP contribution in [0.2, 0.25) is 0 Å². The van der Waals surface area contributed by atoms with Crippen LogP contribution in [0, 0.1) is 0 Å². The largest absolute Gasteiger partial charge is 0.369 e. The average Bonchev–Trinajstić information content (AvgIpc) is 2.99. The number of fused-ring (bicyclic) bond motifs is 1. The van der Waals surface area contributed by atoms with E-state index in [1.54, 1.807) is 25.6 Å². The Labute approximate surface area is 235 Å². The van der Waals surface area contributed by atoms with E-state index in [0.717, 1.165) is 53.1 Å². The van der Waals surface area contributed by atoms with Crippen LogP contribution in [0.15, 0.2) is 61.2 Å². The highest BCUT2D eigenvalue weighted by atomic mass is 32.1. The summed E-state index contributed by atoms with van der Waals surface area (Å²) in [6, 6.07) is 13.6. The zero-order valence-corrected chi connectivity index (χ0v) is 23.7. The Morgan fingerprint density at radius 2 is 1.85 bits per heavy atom. The number of hydrogen-bond acceptors (Lipinski definition) is 9. The van der Waals surface area contributed by atoms with Crippen LogP contribution in [0.3, 0.4) is 0 Å². The summed E-state index contributed by atoms with van der Waals surface area (Å²) in [4.78, 5) is 30.5. The number of thiol groups is 1. The summed E-state index contributed by atoms with van der Waals surface area (Å²) in [6.07, 6.45) is 5.89. The molecule has 9 nitrogen and oxygen atoms in total. The maximum atomic E-state index is 12.5. The molecule has 0 fully saturated rings. The molecule has 4 aromatic rings. The van der Waals surface area contributed by atoms with Crippen molar-refractivity contribution in [1.29, 1.82) is 0 Å². The van der Waals surface area contributed by atoms with Crippen LogP contribution in [0.1, 0.15) is 36.2 Å². The molecule has 1 unspecified atom stereocenters. The van der Waals surface area contributed by atoms with Crippen LogP contribution in [-0.2, 0) is 5.41 Å². The Morgan fingerprint density at radius 3 is 2.56 bits per heavy atom. The molecule has 4 rings (SSSR count). The van der Waals surface area contributed by atoms with E-state index in [0.29, 0.717) is 17.9 Å². The van der Waals surface area contributed by atoms with Gasteiger partial charge in [-0.15, -0.1) is 0 Å². The van der Waals surface area contributed by atoms with Crippen molar-refractivity contribution in [1.82, 2.24) is 30.6 Å².